The molecule has 2 rings (SSSR count). The number of hydrogen-bond acceptors (Lipinski definition) is 5. The van der Waals surface area contributed by atoms with Crippen molar-refractivity contribution in [3.63, 3.8) is 0 Å². The van der Waals surface area contributed by atoms with Gasteiger partial charge in [-0.05, 0) is 12.8 Å². The van der Waals surface area contributed by atoms with E-state index < -0.39 is 0 Å². The fraction of sp³-hybridized carbons (Fsp3) is 0.667. The molecule has 1 fully saturated rings. The summed E-state index contributed by atoms with van der Waals surface area (Å²) >= 11 is 1.53. The summed E-state index contributed by atoms with van der Waals surface area (Å²) < 4.78 is 10.6. The van der Waals surface area contributed by atoms with Gasteiger partial charge in [0.25, 0.3) is 5.56 Å². The molecule has 0 spiro atoms. The largest absolute Gasteiger partial charge is 0.355 e. The van der Waals surface area contributed by atoms with Gasteiger partial charge in [-0.15, -0.1) is 0 Å². The summed E-state index contributed by atoms with van der Waals surface area (Å²) in [5.74, 6) is 0.794. The molecule has 1 unspecified atom stereocenters. The third-order valence-corrected chi connectivity index (χ3v) is 3.66. The van der Waals surface area contributed by atoms with Crippen LogP contribution in [-0.4, -0.2) is 35.2 Å². The standard InChI is InChI=1S/C12H18N2O3S/c1-2-3-9-6-11(15)14-12(13-9)18-7-10-4-5-16-8-17-10/h6,10H,2-5,7-8H2,1H3,(H,13,14,15). The van der Waals surface area contributed by atoms with Crippen LogP contribution in [-0.2, 0) is 15.9 Å². The molecule has 1 atom stereocenters. The van der Waals surface area contributed by atoms with Crippen molar-refractivity contribution in [1.82, 2.24) is 9.97 Å². The van der Waals surface area contributed by atoms with Crippen LogP contribution in [0.4, 0.5) is 0 Å². The predicted octanol–water partition coefficient (Wildman–Crippen LogP) is 1.58. The van der Waals surface area contributed by atoms with Gasteiger partial charge in [-0.1, -0.05) is 25.1 Å². The molecule has 1 aromatic rings. The normalized spacial score (nSPS) is 19.9. The molecule has 1 saturated heterocycles. The van der Waals surface area contributed by atoms with Crippen molar-refractivity contribution in [3.8, 4) is 0 Å². The number of hydrogen-bond donors (Lipinski definition) is 1. The van der Waals surface area contributed by atoms with Crippen LogP contribution in [0.5, 0.6) is 0 Å². The van der Waals surface area contributed by atoms with Gasteiger partial charge < -0.3 is 14.5 Å². The van der Waals surface area contributed by atoms with Crippen molar-refractivity contribution in [2.75, 3.05) is 19.2 Å². The number of nitrogens with one attached hydrogen (secondary N) is 1. The molecular formula is C12H18N2O3S. The van der Waals surface area contributed by atoms with Crippen LogP contribution in [0.2, 0.25) is 0 Å². The molecule has 18 heavy (non-hydrogen) atoms. The van der Waals surface area contributed by atoms with Gasteiger partial charge in [0.1, 0.15) is 6.79 Å². The predicted molar refractivity (Wildman–Crippen MR) is 69.9 cm³/mol. The zero-order valence-corrected chi connectivity index (χ0v) is 11.3. The Morgan fingerprint density at radius 3 is 3.22 bits per heavy atom. The van der Waals surface area contributed by atoms with E-state index in [1.54, 1.807) is 6.07 Å². The Hall–Kier alpha value is -0.850. The first-order chi connectivity index (χ1) is 8.78. The molecule has 100 valence electrons. The van der Waals surface area contributed by atoms with Gasteiger partial charge in [0.15, 0.2) is 5.16 Å². The van der Waals surface area contributed by atoms with E-state index in [0.29, 0.717) is 11.9 Å². The molecular weight excluding hydrogens is 252 g/mol. The zero-order valence-electron chi connectivity index (χ0n) is 10.5. The van der Waals surface area contributed by atoms with E-state index in [1.807, 2.05) is 0 Å². The summed E-state index contributed by atoms with van der Waals surface area (Å²) in [6.07, 6.45) is 2.91. The molecule has 0 radical (unpaired) electrons. The summed E-state index contributed by atoms with van der Waals surface area (Å²) in [7, 11) is 0. The van der Waals surface area contributed by atoms with Gasteiger partial charge >= 0.3 is 0 Å². The average Bonchev–Trinajstić information content (AvgIpc) is 2.37. The third kappa shape index (κ3) is 4.12. The first-order valence-corrected chi connectivity index (χ1v) is 7.19. The van der Waals surface area contributed by atoms with Crippen molar-refractivity contribution in [1.29, 1.82) is 0 Å². The number of ether oxygens (including phenoxy) is 2. The van der Waals surface area contributed by atoms with E-state index >= 15 is 0 Å². The van der Waals surface area contributed by atoms with Gasteiger partial charge in [-0.2, -0.15) is 0 Å². The van der Waals surface area contributed by atoms with Gasteiger partial charge in [-0.25, -0.2) is 4.98 Å². The molecule has 1 aliphatic rings. The molecule has 0 aromatic carbocycles. The summed E-state index contributed by atoms with van der Waals surface area (Å²) in [6.45, 7) is 3.18. The van der Waals surface area contributed by atoms with Crippen molar-refractivity contribution >= 4 is 11.8 Å². The molecule has 5 nitrogen and oxygen atoms in total. The van der Waals surface area contributed by atoms with Crippen molar-refractivity contribution < 1.29 is 9.47 Å². The SMILES string of the molecule is CCCc1cc(=O)[nH]c(SCC2CCOCO2)n1. The van der Waals surface area contributed by atoms with E-state index in [1.165, 1.54) is 11.8 Å². The molecule has 0 bridgehead atoms. The Bertz CT molecular complexity index is 430. The molecule has 0 aliphatic carbocycles. The lowest BCUT2D eigenvalue weighted by Crippen LogP contribution is -2.25. The highest BCUT2D eigenvalue weighted by Crippen LogP contribution is 2.18. The van der Waals surface area contributed by atoms with Crippen molar-refractivity contribution in [2.24, 2.45) is 0 Å². The number of nitrogens with zero attached hydrogens (tertiary/aromatic N) is 1. The van der Waals surface area contributed by atoms with E-state index in [0.717, 1.165) is 37.3 Å². The van der Waals surface area contributed by atoms with Crippen LogP contribution in [0.25, 0.3) is 0 Å². The smallest absolute Gasteiger partial charge is 0.251 e. The number of rotatable bonds is 5. The van der Waals surface area contributed by atoms with E-state index in [9.17, 15) is 4.79 Å². The summed E-state index contributed by atoms with van der Waals surface area (Å²) in [4.78, 5) is 18.7. The van der Waals surface area contributed by atoms with Crippen LogP contribution in [0.1, 0.15) is 25.5 Å². The number of H-pyrrole nitrogens is 1. The highest BCUT2D eigenvalue weighted by molar-refractivity contribution is 7.99. The summed E-state index contributed by atoms with van der Waals surface area (Å²) in [5.41, 5.74) is 0.778. The second-order valence-electron chi connectivity index (χ2n) is 4.21. The molecule has 0 amide bonds. The molecule has 1 aliphatic heterocycles. The molecule has 1 N–H and O–H groups in total. The number of aryl methyl sites for hydroxylation is 1. The number of thioether (sulfide) groups is 1. The zero-order chi connectivity index (χ0) is 12.8. The summed E-state index contributed by atoms with van der Waals surface area (Å²) in [5, 5.41) is 0.682. The van der Waals surface area contributed by atoms with Crippen LogP contribution in [0.3, 0.4) is 0 Å². The second-order valence-corrected chi connectivity index (χ2v) is 5.22. The van der Waals surface area contributed by atoms with E-state index in [2.05, 4.69) is 16.9 Å². The topological polar surface area (TPSA) is 64.2 Å². The van der Waals surface area contributed by atoms with Crippen molar-refractivity contribution in [3.05, 3.63) is 22.1 Å². The minimum absolute atomic E-state index is 0.0798. The van der Waals surface area contributed by atoms with E-state index in [4.69, 9.17) is 9.47 Å². The molecule has 6 heteroatoms. The maximum atomic E-state index is 11.5. The first-order valence-electron chi connectivity index (χ1n) is 6.20. The lowest BCUT2D eigenvalue weighted by molar-refractivity contribution is -0.130. The Balaban J connectivity index is 1.93. The molecule has 0 saturated carbocycles. The first kappa shape index (κ1) is 13.6. The fourth-order valence-electron chi connectivity index (χ4n) is 1.74. The molecule has 2 heterocycles. The maximum Gasteiger partial charge on any atom is 0.251 e. The second kappa shape index (κ2) is 6.92. The Morgan fingerprint density at radius 2 is 2.50 bits per heavy atom. The Morgan fingerprint density at radius 1 is 1.61 bits per heavy atom. The third-order valence-electron chi connectivity index (χ3n) is 2.66. The fourth-order valence-corrected chi connectivity index (χ4v) is 2.70. The van der Waals surface area contributed by atoms with E-state index in [-0.39, 0.29) is 11.7 Å². The lowest BCUT2D eigenvalue weighted by Gasteiger charge is -2.21. The quantitative estimate of drug-likeness (QED) is 0.650. The average molecular weight is 270 g/mol. The minimum atomic E-state index is -0.0798. The highest BCUT2D eigenvalue weighted by Gasteiger charge is 2.15. The highest BCUT2D eigenvalue weighted by atomic mass is 32.2. The monoisotopic (exact) mass is 270 g/mol. The lowest BCUT2D eigenvalue weighted by atomic mass is 10.2. The van der Waals surface area contributed by atoms with Crippen LogP contribution >= 0.6 is 11.8 Å². The number of aromatic nitrogens is 2. The molecule has 1 aromatic heterocycles. The van der Waals surface area contributed by atoms with Crippen molar-refractivity contribution in [2.45, 2.75) is 37.4 Å². The Kier molecular flexibility index (Phi) is 5.22. The van der Waals surface area contributed by atoms with Crippen LogP contribution < -0.4 is 5.56 Å². The number of aromatic amines is 1. The maximum absolute atomic E-state index is 11.5. The van der Waals surface area contributed by atoms with Gasteiger partial charge in [0, 0.05) is 17.5 Å². The van der Waals surface area contributed by atoms with Gasteiger partial charge in [0.2, 0.25) is 0 Å². The summed E-state index contributed by atoms with van der Waals surface area (Å²) in [6, 6.07) is 1.57. The Labute approximate surface area is 110 Å². The van der Waals surface area contributed by atoms with Gasteiger partial charge in [-0.3, -0.25) is 4.79 Å². The minimum Gasteiger partial charge on any atom is -0.355 e. The van der Waals surface area contributed by atoms with Crippen LogP contribution in [0, 0.1) is 0 Å². The van der Waals surface area contributed by atoms with Gasteiger partial charge in [0.05, 0.1) is 12.7 Å². The van der Waals surface area contributed by atoms with Crippen LogP contribution in [0.15, 0.2) is 16.0 Å².